The van der Waals surface area contributed by atoms with Crippen molar-refractivity contribution in [2.24, 2.45) is 0 Å². The van der Waals surface area contributed by atoms with Crippen LogP contribution in [-0.2, 0) is 17.9 Å². The molecule has 0 aliphatic heterocycles. The zero-order chi connectivity index (χ0) is 17.4. The largest absolute Gasteiger partial charge is 0.489 e. The summed E-state index contributed by atoms with van der Waals surface area (Å²) >= 11 is 0. The third-order valence-electron chi connectivity index (χ3n) is 3.91. The third kappa shape index (κ3) is 5.39. The van der Waals surface area contributed by atoms with Gasteiger partial charge in [-0.25, -0.2) is 0 Å². The molecule has 4 heteroatoms. The summed E-state index contributed by atoms with van der Waals surface area (Å²) in [5.41, 5.74) is 3.02. The molecular weight excluding hydrogens is 300 g/mol. The Kier molecular flexibility index (Phi) is 6.82. The Balaban J connectivity index is 2.18. The van der Waals surface area contributed by atoms with Gasteiger partial charge in [-0.15, -0.1) is 0 Å². The number of hydrogen-bond donors (Lipinski definition) is 1. The highest BCUT2D eigenvalue weighted by atomic mass is 16.5. The number of hydrogen-bond acceptors (Lipinski definition) is 3. The Labute approximate surface area is 144 Å². The van der Waals surface area contributed by atoms with Crippen LogP contribution in [0.4, 0.5) is 5.69 Å². The van der Waals surface area contributed by atoms with Crippen LogP contribution >= 0.6 is 0 Å². The van der Waals surface area contributed by atoms with E-state index in [-0.39, 0.29) is 5.91 Å². The number of anilines is 1. The van der Waals surface area contributed by atoms with Gasteiger partial charge < -0.3 is 10.1 Å². The van der Waals surface area contributed by atoms with Crippen molar-refractivity contribution in [2.45, 2.75) is 33.9 Å². The van der Waals surface area contributed by atoms with E-state index in [1.165, 1.54) is 6.92 Å². The number of rotatable bonds is 8. The van der Waals surface area contributed by atoms with Gasteiger partial charge in [-0.2, -0.15) is 0 Å². The monoisotopic (exact) mass is 326 g/mol. The summed E-state index contributed by atoms with van der Waals surface area (Å²) in [4.78, 5) is 13.6. The van der Waals surface area contributed by atoms with Crippen LogP contribution in [-0.4, -0.2) is 23.9 Å². The lowest BCUT2D eigenvalue weighted by molar-refractivity contribution is -0.114. The van der Waals surface area contributed by atoms with Gasteiger partial charge in [0.2, 0.25) is 5.91 Å². The highest BCUT2D eigenvalue weighted by Gasteiger charge is 2.10. The number of ether oxygens (including phenoxy) is 1. The van der Waals surface area contributed by atoms with Gasteiger partial charge in [-0.3, -0.25) is 9.69 Å². The Morgan fingerprint density at radius 3 is 2.42 bits per heavy atom. The SMILES string of the molecule is CCN(CC)Cc1cc(NC(C)=O)ccc1OCc1ccccc1. The number of carbonyl (C=O) groups is 1. The molecule has 0 radical (unpaired) electrons. The van der Waals surface area contributed by atoms with Crippen LogP contribution in [0.2, 0.25) is 0 Å². The number of benzene rings is 2. The molecule has 128 valence electrons. The normalized spacial score (nSPS) is 10.7. The molecule has 0 saturated carbocycles. The molecule has 0 heterocycles. The molecule has 4 nitrogen and oxygen atoms in total. The molecule has 0 atom stereocenters. The van der Waals surface area contributed by atoms with Gasteiger partial charge in [-0.1, -0.05) is 44.2 Å². The van der Waals surface area contributed by atoms with Crippen LogP contribution < -0.4 is 10.1 Å². The molecule has 0 aliphatic carbocycles. The Hall–Kier alpha value is -2.33. The maximum atomic E-state index is 11.3. The van der Waals surface area contributed by atoms with Crippen molar-refractivity contribution in [3.05, 3.63) is 59.7 Å². The number of amides is 1. The van der Waals surface area contributed by atoms with Crippen molar-refractivity contribution in [1.82, 2.24) is 4.90 Å². The summed E-state index contributed by atoms with van der Waals surface area (Å²) in [6.07, 6.45) is 0. The van der Waals surface area contributed by atoms with Gasteiger partial charge in [0.25, 0.3) is 0 Å². The molecule has 2 aromatic rings. The molecule has 0 bridgehead atoms. The smallest absolute Gasteiger partial charge is 0.221 e. The van der Waals surface area contributed by atoms with Crippen molar-refractivity contribution >= 4 is 11.6 Å². The van der Waals surface area contributed by atoms with E-state index in [1.807, 2.05) is 36.4 Å². The molecule has 1 amide bonds. The van der Waals surface area contributed by atoms with Crippen LogP contribution in [0.5, 0.6) is 5.75 Å². The van der Waals surface area contributed by atoms with E-state index >= 15 is 0 Å². The van der Waals surface area contributed by atoms with E-state index in [1.54, 1.807) is 0 Å². The molecular formula is C20H26N2O2. The average Bonchev–Trinajstić information content (AvgIpc) is 2.59. The Bertz CT molecular complexity index is 652. The lowest BCUT2D eigenvalue weighted by Gasteiger charge is -2.21. The second-order valence-corrected chi connectivity index (χ2v) is 5.74. The second-order valence-electron chi connectivity index (χ2n) is 5.74. The Morgan fingerprint density at radius 2 is 1.79 bits per heavy atom. The first kappa shape index (κ1) is 18.0. The summed E-state index contributed by atoms with van der Waals surface area (Å²) in [7, 11) is 0. The predicted molar refractivity (Wildman–Crippen MR) is 98.1 cm³/mol. The average molecular weight is 326 g/mol. The van der Waals surface area contributed by atoms with Gasteiger partial charge in [0.15, 0.2) is 0 Å². The zero-order valence-corrected chi connectivity index (χ0v) is 14.7. The first-order valence-electron chi connectivity index (χ1n) is 8.42. The van der Waals surface area contributed by atoms with Crippen molar-refractivity contribution in [3.63, 3.8) is 0 Å². The van der Waals surface area contributed by atoms with Crippen LogP contribution in [0.15, 0.2) is 48.5 Å². The van der Waals surface area contributed by atoms with Gasteiger partial charge in [-0.05, 0) is 36.9 Å². The van der Waals surface area contributed by atoms with Crippen LogP contribution in [0.3, 0.4) is 0 Å². The highest BCUT2D eigenvalue weighted by molar-refractivity contribution is 5.88. The summed E-state index contributed by atoms with van der Waals surface area (Å²) in [6, 6.07) is 15.9. The molecule has 1 N–H and O–H groups in total. The first-order valence-corrected chi connectivity index (χ1v) is 8.42. The summed E-state index contributed by atoms with van der Waals surface area (Å²) in [6.45, 7) is 9.08. The second kappa shape index (κ2) is 9.08. The van der Waals surface area contributed by atoms with E-state index in [4.69, 9.17) is 4.74 Å². The first-order chi connectivity index (χ1) is 11.6. The van der Waals surface area contributed by atoms with E-state index < -0.39 is 0 Å². The van der Waals surface area contributed by atoms with E-state index in [2.05, 4.69) is 36.2 Å². The van der Waals surface area contributed by atoms with Crippen molar-refractivity contribution in [1.29, 1.82) is 0 Å². The van der Waals surface area contributed by atoms with Gasteiger partial charge >= 0.3 is 0 Å². The van der Waals surface area contributed by atoms with Crippen LogP contribution in [0.1, 0.15) is 31.9 Å². The predicted octanol–water partition coefficient (Wildman–Crippen LogP) is 4.07. The maximum absolute atomic E-state index is 11.3. The fraction of sp³-hybridized carbons (Fsp3) is 0.350. The fourth-order valence-electron chi connectivity index (χ4n) is 2.55. The number of nitrogens with zero attached hydrogens (tertiary/aromatic N) is 1. The highest BCUT2D eigenvalue weighted by Crippen LogP contribution is 2.25. The molecule has 24 heavy (non-hydrogen) atoms. The standard InChI is InChI=1S/C20H26N2O2/c1-4-22(5-2)14-18-13-19(21-16(3)23)11-12-20(18)24-15-17-9-7-6-8-10-17/h6-13H,4-5,14-15H2,1-3H3,(H,21,23). The minimum absolute atomic E-state index is 0.0678. The summed E-state index contributed by atoms with van der Waals surface area (Å²) < 4.78 is 6.03. The lowest BCUT2D eigenvalue weighted by atomic mass is 10.1. The molecule has 2 aromatic carbocycles. The maximum Gasteiger partial charge on any atom is 0.221 e. The zero-order valence-electron chi connectivity index (χ0n) is 14.7. The number of nitrogens with one attached hydrogen (secondary N) is 1. The molecule has 0 spiro atoms. The molecule has 0 aromatic heterocycles. The van der Waals surface area contributed by atoms with E-state index in [0.29, 0.717) is 6.61 Å². The summed E-state index contributed by atoms with van der Waals surface area (Å²) in [5.74, 6) is 0.793. The van der Waals surface area contributed by atoms with E-state index in [9.17, 15) is 4.79 Å². The van der Waals surface area contributed by atoms with Crippen molar-refractivity contribution < 1.29 is 9.53 Å². The Morgan fingerprint density at radius 1 is 1.08 bits per heavy atom. The van der Waals surface area contributed by atoms with Crippen LogP contribution in [0, 0.1) is 0 Å². The van der Waals surface area contributed by atoms with Crippen LogP contribution in [0.25, 0.3) is 0 Å². The van der Waals surface area contributed by atoms with Crippen molar-refractivity contribution in [2.75, 3.05) is 18.4 Å². The lowest BCUT2D eigenvalue weighted by Crippen LogP contribution is -2.22. The minimum Gasteiger partial charge on any atom is -0.489 e. The molecule has 0 unspecified atom stereocenters. The van der Waals surface area contributed by atoms with Gasteiger partial charge in [0, 0.05) is 24.7 Å². The number of carbonyl (C=O) groups excluding carboxylic acids is 1. The molecule has 0 saturated heterocycles. The quantitative estimate of drug-likeness (QED) is 0.795. The van der Waals surface area contributed by atoms with E-state index in [0.717, 1.165) is 42.2 Å². The van der Waals surface area contributed by atoms with Gasteiger partial charge in [0.05, 0.1) is 0 Å². The minimum atomic E-state index is -0.0678. The topological polar surface area (TPSA) is 41.6 Å². The van der Waals surface area contributed by atoms with Crippen molar-refractivity contribution in [3.8, 4) is 5.75 Å². The molecule has 2 rings (SSSR count). The summed E-state index contributed by atoms with van der Waals surface area (Å²) in [5, 5.41) is 2.84. The fourth-order valence-corrected chi connectivity index (χ4v) is 2.55. The van der Waals surface area contributed by atoms with Gasteiger partial charge in [0.1, 0.15) is 12.4 Å². The molecule has 0 fully saturated rings. The third-order valence-corrected chi connectivity index (χ3v) is 3.91. The molecule has 0 aliphatic rings.